The van der Waals surface area contributed by atoms with Crippen molar-refractivity contribution in [3.63, 3.8) is 0 Å². The molecule has 8 heteroatoms. The van der Waals surface area contributed by atoms with Crippen LogP contribution in [-0.2, 0) is 0 Å². The van der Waals surface area contributed by atoms with Crippen molar-refractivity contribution in [2.45, 2.75) is 52.5 Å². The minimum absolute atomic E-state index is 0.282. The molecule has 0 amide bonds. The maximum Gasteiger partial charge on any atom is 0.229 e. The number of hydrogen-bond donors (Lipinski definition) is 3. The van der Waals surface area contributed by atoms with Crippen LogP contribution in [0.3, 0.4) is 0 Å². The number of ether oxygens (including phenoxy) is 1. The normalized spacial score (nSPS) is 14.5. The average molecular weight is 413 g/mol. The molecular formula is C21H28N6OS. The monoisotopic (exact) mass is 412 g/mol. The van der Waals surface area contributed by atoms with Crippen molar-refractivity contribution in [1.29, 1.82) is 0 Å². The second kappa shape index (κ2) is 10.2. The standard InChI is InChI=1S/C21H28N6OS/c1-4-28-18-11-9-17(10-12-18)25-21(29)27-20(24-16-7-5-6-8-16)26-19-22-14(2)13-15(3)23-19/h9-13,16H,4-8H2,1-3H3,(H3,22,23,24,25,26,27,29). The average Bonchev–Trinajstić information content (AvgIpc) is 3.15. The second-order valence-corrected chi connectivity index (χ2v) is 7.46. The van der Waals surface area contributed by atoms with E-state index in [1.165, 1.54) is 12.8 Å². The smallest absolute Gasteiger partial charge is 0.229 e. The van der Waals surface area contributed by atoms with Crippen molar-refractivity contribution in [2.75, 3.05) is 17.2 Å². The molecule has 1 heterocycles. The number of guanidine groups is 1. The Kier molecular flexibility index (Phi) is 7.35. The molecule has 29 heavy (non-hydrogen) atoms. The molecule has 1 aromatic carbocycles. The van der Waals surface area contributed by atoms with E-state index >= 15 is 0 Å². The van der Waals surface area contributed by atoms with Crippen LogP contribution in [0.25, 0.3) is 0 Å². The van der Waals surface area contributed by atoms with E-state index in [4.69, 9.17) is 21.9 Å². The van der Waals surface area contributed by atoms with Gasteiger partial charge in [0.15, 0.2) is 5.11 Å². The molecule has 0 aliphatic heterocycles. The lowest BCUT2D eigenvalue weighted by Crippen LogP contribution is -2.39. The lowest BCUT2D eigenvalue weighted by Gasteiger charge is -2.16. The predicted molar refractivity (Wildman–Crippen MR) is 122 cm³/mol. The van der Waals surface area contributed by atoms with Gasteiger partial charge in [0.25, 0.3) is 0 Å². The SMILES string of the molecule is CCOc1ccc(NC(=S)NC(=NC2CCCC2)Nc2nc(C)cc(C)n2)cc1. The highest BCUT2D eigenvalue weighted by Crippen LogP contribution is 2.21. The van der Waals surface area contributed by atoms with E-state index in [2.05, 4.69) is 25.9 Å². The number of rotatable bonds is 5. The zero-order valence-corrected chi connectivity index (χ0v) is 18.0. The summed E-state index contributed by atoms with van der Waals surface area (Å²) >= 11 is 5.49. The zero-order valence-electron chi connectivity index (χ0n) is 17.2. The number of thiocarbonyl (C=S) groups is 1. The number of aromatic nitrogens is 2. The molecule has 1 saturated carbocycles. The van der Waals surface area contributed by atoms with Gasteiger partial charge in [-0.05, 0) is 76.2 Å². The first-order chi connectivity index (χ1) is 14.0. The molecule has 3 N–H and O–H groups in total. The van der Waals surface area contributed by atoms with Gasteiger partial charge in [0.1, 0.15) is 5.75 Å². The van der Waals surface area contributed by atoms with E-state index in [1.807, 2.05) is 51.1 Å². The molecule has 0 radical (unpaired) electrons. The Morgan fingerprint density at radius 1 is 1.10 bits per heavy atom. The summed E-state index contributed by atoms with van der Waals surface area (Å²) in [5.41, 5.74) is 2.67. The Morgan fingerprint density at radius 3 is 2.38 bits per heavy atom. The third kappa shape index (κ3) is 6.67. The minimum Gasteiger partial charge on any atom is -0.494 e. The molecule has 7 nitrogen and oxygen atoms in total. The Balaban J connectivity index is 1.69. The van der Waals surface area contributed by atoms with Gasteiger partial charge in [0.2, 0.25) is 11.9 Å². The van der Waals surface area contributed by atoms with Crippen LogP contribution in [0.2, 0.25) is 0 Å². The van der Waals surface area contributed by atoms with Crippen LogP contribution in [0.15, 0.2) is 35.3 Å². The van der Waals surface area contributed by atoms with Gasteiger partial charge >= 0.3 is 0 Å². The van der Waals surface area contributed by atoms with Crippen molar-refractivity contribution >= 4 is 34.9 Å². The summed E-state index contributed by atoms with van der Waals surface area (Å²) < 4.78 is 5.47. The fraction of sp³-hybridized carbons (Fsp3) is 0.429. The van der Waals surface area contributed by atoms with Gasteiger partial charge in [-0.25, -0.2) is 15.0 Å². The first-order valence-electron chi connectivity index (χ1n) is 10.00. The van der Waals surface area contributed by atoms with Crippen molar-refractivity contribution in [3.05, 3.63) is 41.7 Å². The van der Waals surface area contributed by atoms with E-state index in [0.29, 0.717) is 23.6 Å². The number of anilines is 2. The maximum absolute atomic E-state index is 5.49. The van der Waals surface area contributed by atoms with Crippen LogP contribution < -0.4 is 20.7 Å². The molecule has 0 spiro atoms. The van der Waals surface area contributed by atoms with Gasteiger partial charge in [-0.1, -0.05) is 12.8 Å². The van der Waals surface area contributed by atoms with Crippen molar-refractivity contribution in [2.24, 2.45) is 4.99 Å². The largest absolute Gasteiger partial charge is 0.494 e. The van der Waals surface area contributed by atoms with E-state index in [-0.39, 0.29) is 6.04 Å². The van der Waals surface area contributed by atoms with Crippen molar-refractivity contribution in [1.82, 2.24) is 15.3 Å². The third-order valence-corrected chi connectivity index (χ3v) is 4.71. The van der Waals surface area contributed by atoms with E-state index in [1.54, 1.807) is 0 Å². The highest BCUT2D eigenvalue weighted by Gasteiger charge is 2.16. The van der Waals surface area contributed by atoms with Crippen LogP contribution in [-0.4, -0.2) is 33.7 Å². The second-order valence-electron chi connectivity index (χ2n) is 7.05. The molecular weight excluding hydrogens is 384 g/mol. The van der Waals surface area contributed by atoms with Crippen LogP contribution >= 0.6 is 12.2 Å². The van der Waals surface area contributed by atoms with Crippen molar-refractivity contribution in [3.8, 4) is 5.75 Å². The molecule has 3 rings (SSSR count). The fourth-order valence-corrected chi connectivity index (χ4v) is 3.49. The maximum atomic E-state index is 5.49. The van der Waals surface area contributed by atoms with E-state index in [0.717, 1.165) is 35.7 Å². The van der Waals surface area contributed by atoms with Crippen molar-refractivity contribution < 1.29 is 4.74 Å². The van der Waals surface area contributed by atoms with Gasteiger partial charge in [-0.3, -0.25) is 5.32 Å². The molecule has 0 atom stereocenters. The van der Waals surface area contributed by atoms with Gasteiger partial charge in [0, 0.05) is 17.1 Å². The van der Waals surface area contributed by atoms with Gasteiger partial charge < -0.3 is 15.4 Å². The summed E-state index contributed by atoms with van der Waals surface area (Å²) in [6, 6.07) is 9.88. The summed E-state index contributed by atoms with van der Waals surface area (Å²) in [6.07, 6.45) is 4.58. The summed E-state index contributed by atoms with van der Waals surface area (Å²) in [6.45, 7) is 6.49. The minimum atomic E-state index is 0.282. The van der Waals surface area contributed by atoms with E-state index in [9.17, 15) is 0 Å². The molecule has 1 aliphatic carbocycles. The lowest BCUT2D eigenvalue weighted by atomic mass is 10.3. The van der Waals surface area contributed by atoms with Crippen LogP contribution in [0.5, 0.6) is 5.75 Å². The molecule has 2 aromatic rings. The van der Waals surface area contributed by atoms with Crippen LogP contribution in [0.4, 0.5) is 11.6 Å². The topological polar surface area (TPSA) is 83.5 Å². The Labute approximate surface area is 177 Å². The number of hydrogen-bond acceptors (Lipinski definition) is 5. The first kappa shape index (κ1) is 21.0. The Morgan fingerprint density at radius 2 is 1.76 bits per heavy atom. The molecule has 1 fully saturated rings. The predicted octanol–water partition coefficient (Wildman–Crippen LogP) is 4.19. The van der Waals surface area contributed by atoms with E-state index < -0.39 is 0 Å². The number of nitrogens with zero attached hydrogens (tertiary/aromatic N) is 3. The van der Waals surface area contributed by atoms with Crippen LogP contribution in [0, 0.1) is 13.8 Å². The molecule has 1 aromatic heterocycles. The van der Waals surface area contributed by atoms with Gasteiger partial charge in [-0.2, -0.15) is 0 Å². The molecule has 0 bridgehead atoms. The molecule has 154 valence electrons. The first-order valence-corrected chi connectivity index (χ1v) is 10.4. The fourth-order valence-electron chi connectivity index (χ4n) is 3.27. The van der Waals surface area contributed by atoms with Gasteiger partial charge in [-0.15, -0.1) is 0 Å². The van der Waals surface area contributed by atoms with Gasteiger partial charge in [0.05, 0.1) is 12.6 Å². The highest BCUT2D eigenvalue weighted by atomic mass is 32.1. The summed E-state index contributed by atoms with van der Waals surface area (Å²) in [4.78, 5) is 13.7. The summed E-state index contributed by atoms with van der Waals surface area (Å²) in [7, 11) is 0. The lowest BCUT2D eigenvalue weighted by molar-refractivity contribution is 0.340. The summed E-state index contributed by atoms with van der Waals surface area (Å²) in [5.74, 6) is 1.90. The number of benzene rings is 1. The zero-order chi connectivity index (χ0) is 20.6. The number of aryl methyl sites for hydroxylation is 2. The molecule has 1 aliphatic rings. The third-order valence-electron chi connectivity index (χ3n) is 4.50. The Bertz CT molecular complexity index is 842. The highest BCUT2D eigenvalue weighted by molar-refractivity contribution is 7.80. The van der Waals surface area contributed by atoms with Crippen LogP contribution in [0.1, 0.15) is 44.0 Å². The summed E-state index contributed by atoms with van der Waals surface area (Å²) in [5, 5.41) is 9.99. The molecule has 0 unspecified atom stereocenters. The Hall–Kier alpha value is -2.74. The number of aliphatic imine (C=N–C) groups is 1. The molecule has 0 saturated heterocycles. The number of nitrogens with one attached hydrogen (secondary N) is 3. The quantitative estimate of drug-likeness (QED) is 0.386.